The molecular formula is C22H25N3O3S2. The predicted octanol–water partition coefficient (Wildman–Crippen LogP) is 4.57. The molecule has 0 saturated carbocycles. The fourth-order valence-electron chi connectivity index (χ4n) is 3.69. The zero-order valence-corrected chi connectivity index (χ0v) is 18.5. The van der Waals surface area contributed by atoms with Crippen LogP contribution >= 0.6 is 11.3 Å². The maximum absolute atomic E-state index is 12.8. The number of anilines is 1. The molecular weight excluding hydrogens is 418 g/mol. The van der Waals surface area contributed by atoms with Crippen LogP contribution in [0.4, 0.5) is 5.69 Å². The second kappa shape index (κ2) is 8.73. The molecule has 1 amide bonds. The van der Waals surface area contributed by atoms with Crippen molar-refractivity contribution in [2.24, 2.45) is 0 Å². The molecule has 3 aromatic rings. The lowest BCUT2D eigenvalue weighted by molar-refractivity contribution is 0.102. The first kappa shape index (κ1) is 20.8. The summed E-state index contributed by atoms with van der Waals surface area (Å²) in [5, 5.41) is 9.38. The fraction of sp³-hybridized carbons (Fsp3) is 0.364. The number of nitrogens with zero attached hydrogens (tertiary/aromatic N) is 2. The van der Waals surface area contributed by atoms with Crippen LogP contribution in [0.2, 0.25) is 0 Å². The van der Waals surface area contributed by atoms with Gasteiger partial charge in [-0.1, -0.05) is 31.5 Å². The molecule has 1 atom stereocenters. The Kier molecular flexibility index (Phi) is 6.06. The van der Waals surface area contributed by atoms with Gasteiger partial charge in [-0.15, -0.1) is 11.3 Å². The summed E-state index contributed by atoms with van der Waals surface area (Å²) in [6, 6.07) is 13.3. The summed E-state index contributed by atoms with van der Waals surface area (Å²) in [6.07, 6.45) is 3.84. The van der Waals surface area contributed by atoms with Crippen molar-refractivity contribution < 1.29 is 13.2 Å². The molecule has 3 heterocycles. The highest BCUT2D eigenvalue weighted by atomic mass is 32.2. The van der Waals surface area contributed by atoms with Gasteiger partial charge in [-0.25, -0.2) is 8.42 Å². The molecule has 0 radical (unpaired) electrons. The first-order chi connectivity index (χ1) is 14.4. The van der Waals surface area contributed by atoms with Crippen molar-refractivity contribution >= 4 is 32.8 Å². The van der Waals surface area contributed by atoms with Gasteiger partial charge in [0.05, 0.1) is 28.1 Å². The standard InChI is InChI=1S/C22H25N3O3S2/c1-2-3-5-16-7-9-17(10-8-16)23-22(26)19-14-20(21-6-4-12-29-21)25(24-19)18-11-13-30(27,28)15-18/h4,6-10,12,14,18H,2-3,5,11,13,15H2,1H3,(H,23,26). The third-order valence-electron chi connectivity index (χ3n) is 5.33. The van der Waals surface area contributed by atoms with Gasteiger partial charge in [0, 0.05) is 5.69 Å². The van der Waals surface area contributed by atoms with E-state index in [1.165, 1.54) is 5.56 Å². The third kappa shape index (κ3) is 4.65. The minimum absolute atomic E-state index is 0.0628. The molecule has 1 fully saturated rings. The topological polar surface area (TPSA) is 81.1 Å². The van der Waals surface area contributed by atoms with E-state index in [2.05, 4.69) is 17.3 Å². The maximum atomic E-state index is 12.8. The van der Waals surface area contributed by atoms with E-state index in [0.29, 0.717) is 6.42 Å². The molecule has 30 heavy (non-hydrogen) atoms. The van der Waals surface area contributed by atoms with Gasteiger partial charge in [-0.05, 0) is 54.5 Å². The number of carbonyl (C=O) groups excluding carboxylic acids is 1. The molecule has 1 aliphatic heterocycles. The Balaban J connectivity index is 1.56. The minimum Gasteiger partial charge on any atom is -0.321 e. The van der Waals surface area contributed by atoms with Crippen molar-refractivity contribution in [1.29, 1.82) is 0 Å². The van der Waals surface area contributed by atoms with Gasteiger partial charge in [-0.2, -0.15) is 5.10 Å². The Hall–Kier alpha value is -2.45. The van der Waals surface area contributed by atoms with E-state index in [4.69, 9.17) is 0 Å². The number of amides is 1. The molecule has 1 aliphatic rings. The molecule has 1 unspecified atom stereocenters. The molecule has 0 spiro atoms. The van der Waals surface area contributed by atoms with Crippen molar-refractivity contribution in [3.8, 4) is 10.6 Å². The number of benzene rings is 1. The average Bonchev–Trinajstić information content (AvgIpc) is 3.46. The fourth-order valence-corrected chi connectivity index (χ4v) is 6.12. The van der Waals surface area contributed by atoms with Crippen LogP contribution in [-0.2, 0) is 16.3 Å². The van der Waals surface area contributed by atoms with Gasteiger partial charge in [0.1, 0.15) is 0 Å². The lowest BCUT2D eigenvalue weighted by Crippen LogP contribution is -2.16. The molecule has 6 nitrogen and oxygen atoms in total. The molecule has 4 rings (SSSR count). The SMILES string of the molecule is CCCCc1ccc(NC(=O)c2cc(-c3cccs3)n(C3CCS(=O)(=O)C3)n2)cc1. The number of nitrogens with one attached hydrogen (secondary N) is 1. The van der Waals surface area contributed by atoms with Gasteiger partial charge in [0.2, 0.25) is 0 Å². The van der Waals surface area contributed by atoms with E-state index >= 15 is 0 Å². The Morgan fingerprint density at radius 2 is 2.07 bits per heavy atom. The number of aromatic nitrogens is 2. The third-order valence-corrected chi connectivity index (χ3v) is 7.97. The number of rotatable bonds is 7. The molecule has 1 aromatic carbocycles. The molecule has 0 aliphatic carbocycles. The molecule has 8 heteroatoms. The smallest absolute Gasteiger partial charge is 0.276 e. The van der Waals surface area contributed by atoms with E-state index in [1.807, 2.05) is 41.8 Å². The Bertz CT molecular complexity index is 1120. The van der Waals surface area contributed by atoms with Crippen molar-refractivity contribution in [1.82, 2.24) is 9.78 Å². The van der Waals surface area contributed by atoms with Crippen LogP contribution in [0.3, 0.4) is 0 Å². The minimum atomic E-state index is -3.06. The molecule has 158 valence electrons. The number of hydrogen-bond donors (Lipinski definition) is 1. The predicted molar refractivity (Wildman–Crippen MR) is 121 cm³/mol. The summed E-state index contributed by atoms with van der Waals surface area (Å²) in [6.45, 7) is 2.17. The number of sulfone groups is 1. The van der Waals surface area contributed by atoms with Crippen molar-refractivity contribution in [2.75, 3.05) is 16.8 Å². The highest BCUT2D eigenvalue weighted by Gasteiger charge is 2.32. The zero-order valence-electron chi connectivity index (χ0n) is 16.9. The second-order valence-electron chi connectivity index (χ2n) is 7.65. The quantitative estimate of drug-likeness (QED) is 0.580. The Labute approximate surface area is 180 Å². The van der Waals surface area contributed by atoms with E-state index in [1.54, 1.807) is 22.1 Å². The Morgan fingerprint density at radius 3 is 2.70 bits per heavy atom. The highest BCUT2D eigenvalue weighted by molar-refractivity contribution is 7.91. The van der Waals surface area contributed by atoms with Gasteiger partial charge in [-0.3, -0.25) is 9.48 Å². The highest BCUT2D eigenvalue weighted by Crippen LogP contribution is 2.32. The van der Waals surface area contributed by atoms with Crippen LogP contribution in [0.15, 0.2) is 47.8 Å². The van der Waals surface area contributed by atoms with Crippen molar-refractivity contribution in [3.63, 3.8) is 0 Å². The van der Waals surface area contributed by atoms with Gasteiger partial charge >= 0.3 is 0 Å². The average molecular weight is 444 g/mol. The number of hydrogen-bond acceptors (Lipinski definition) is 5. The number of carbonyl (C=O) groups is 1. The van der Waals surface area contributed by atoms with E-state index < -0.39 is 9.84 Å². The molecule has 1 N–H and O–H groups in total. The van der Waals surface area contributed by atoms with Crippen LogP contribution in [-0.4, -0.2) is 35.6 Å². The van der Waals surface area contributed by atoms with Crippen molar-refractivity contribution in [3.05, 3.63) is 59.1 Å². The van der Waals surface area contributed by atoms with Crippen molar-refractivity contribution in [2.45, 2.75) is 38.6 Å². The zero-order chi connectivity index (χ0) is 21.1. The summed E-state index contributed by atoms with van der Waals surface area (Å²) >= 11 is 1.54. The maximum Gasteiger partial charge on any atom is 0.276 e. The van der Waals surface area contributed by atoms with Crippen LogP contribution in [0.25, 0.3) is 10.6 Å². The summed E-state index contributed by atoms with van der Waals surface area (Å²) < 4.78 is 25.7. The van der Waals surface area contributed by atoms with E-state index in [-0.39, 0.29) is 29.1 Å². The normalized spacial score (nSPS) is 17.8. The number of thiophene rings is 1. The van der Waals surface area contributed by atoms with Gasteiger partial charge in [0.15, 0.2) is 15.5 Å². The summed E-state index contributed by atoms with van der Waals surface area (Å²) in [7, 11) is -3.06. The van der Waals surface area contributed by atoms with Crippen LogP contribution in [0.1, 0.15) is 48.3 Å². The first-order valence-corrected chi connectivity index (χ1v) is 12.9. The van der Waals surface area contributed by atoms with E-state index in [0.717, 1.165) is 35.5 Å². The summed E-state index contributed by atoms with van der Waals surface area (Å²) in [5.41, 5.74) is 3.04. The molecule has 0 bridgehead atoms. The summed E-state index contributed by atoms with van der Waals surface area (Å²) in [5.74, 6) is -0.0746. The lowest BCUT2D eigenvalue weighted by Gasteiger charge is -2.12. The lowest BCUT2D eigenvalue weighted by atomic mass is 10.1. The molecule has 1 saturated heterocycles. The first-order valence-electron chi connectivity index (χ1n) is 10.2. The van der Waals surface area contributed by atoms with Gasteiger partial charge in [0.25, 0.3) is 5.91 Å². The van der Waals surface area contributed by atoms with Crippen LogP contribution in [0, 0.1) is 0 Å². The number of aryl methyl sites for hydroxylation is 1. The molecule has 2 aromatic heterocycles. The van der Waals surface area contributed by atoms with E-state index in [9.17, 15) is 13.2 Å². The monoisotopic (exact) mass is 443 g/mol. The van der Waals surface area contributed by atoms with Crippen LogP contribution < -0.4 is 5.32 Å². The largest absolute Gasteiger partial charge is 0.321 e. The summed E-state index contributed by atoms with van der Waals surface area (Å²) in [4.78, 5) is 13.8. The number of unbranched alkanes of at least 4 members (excludes halogenated alkanes) is 1. The Morgan fingerprint density at radius 1 is 1.27 bits per heavy atom. The second-order valence-corrected chi connectivity index (χ2v) is 10.8. The van der Waals surface area contributed by atoms with Crippen LogP contribution in [0.5, 0.6) is 0 Å². The van der Waals surface area contributed by atoms with Gasteiger partial charge < -0.3 is 5.32 Å².